The van der Waals surface area contributed by atoms with Crippen LogP contribution in [0.5, 0.6) is 0 Å². The molecule has 3 rings (SSSR count). The van der Waals surface area contributed by atoms with Gasteiger partial charge in [-0.15, -0.1) is 0 Å². The van der Waals surface area contributed by atoms with Crippen LogP contribution >= 0.6 is 0 Å². The molecule has 8 heteroatoms. The molecule has 1 N–H and O–H groups in total. The van der Waals surface area contributed by atoms with Gasteiger partial charge in [-0.1, -0.05) is 66.6 Å². The highest BCUT2D eigenvalue weighted by atomic mass is 32.2. The lowest BCUT2D eigenvalue weighted by Gasteiger charge is -2.33. The van der Waals surface area contributed by atoms with Crippen LogP contribution in [0.4, 0.5) is 5.69 Å². The molecule has 2 atom stereocenters. The maximum absolute atomic E-state index is 14.1. The summed E-state index contributed by atoms with van der Waals surface area (Å²) in [6.45, 7) is 12.8. The molecule has 0 fully saturated rings. The minimum absolute atomic E-state index is 0.0563. The molecule has 0 saturated carbocycles. The van der Waals surface area contributed by atoms with E-state index >= 15 is 0 Å². The van der Waals surface area contributed by atoms with E-state index in [1.54, 1.807) is 37.3 Å². The number of carbonyl (C=O) groups excluding carboxylic acids is 2. The maximum Gasteiger partial charge on any atom is 0.264 e. The van der Waals surface area contributed by atoms with Crippen LogP contribution in [0.1, 0.15) is 55.0 Å². The van der Waals surface area contributed by atoms with Crippen molar-refractivity contribution in [3.63, 3.8) is 0 Å². The van der Waals surface area contributed by atoms with Gasteiger partial charge in [0.15, 0.2) is 0 Å². The van der Waals surface area contributed by atoms with E-state index in [0.717, 1.165) is 34.2 Å². The van der Waals surface area contributed by atoms with Gasteiger partial charge in [0.2, 0.25) is 11.8 Å². The number of carbonyl (C=O) groups is 2. The Morgan fingerprint density at radius 1 is 0.850 bits per heavy atom. The Labute approximate surface area is 239 Å². The highest BCUT2D eigenvalue weighted by Gasteiger charge is 2.33. The predicted molar refractivity (Wildman–Crippen MR) is 161 cm³/mol. The Morgan fingerprint density at radius 3 is 2.10 bits per heavy atom. The summed E-state index contributed by atoms with van der Waals surface area (Å²) >= 11 is 0. The Bertz CT molecular complexity index is 1450. The fraction of sp³-hybridized carbons (Fsp3) is 0.375. The van der Waals surface area contributed by atoms with E-state index in [1.165, 1.54) is 9.21 Å². The van der Waals surface area contributed by atoms with E-state index in [0.29, 0.717) is 5.69 Å². The van der Waals surface area contributed by atoms with Gasteiger partial charge >= 0.3 is 0 Å². The average Bonchev–Trinajstić information content (AvgIpc) is 2.91. The Morgan fingerprint density at radius 2 is 1.48 bits per heavy atom. The molecule has 0 heterocycles. The molecule has 0 aliphatic heterocycles. The van der Waals surface area contributed by atoms with E-state index in [9.17, 15) is 18.0 Å². The minimum atomic E-state index is -4.10. The molecule has 3 aromatic carbocycles. The summed E-state index contributed by atoms with van der Waals surface area (Å²) < 4.78 is 29.2. The molecule has 0 unspecified atom stereocenters. The normalized spacial score (nSPS) is 12.9. The molecule has 214 valence electrons. The third-order valence-corrected chi connectivity index (χ3v) is 8.90. The number of hydrogen-bond acceptors (Lipinski definition) is 4. The quantitative estimate of drug-likeness (QED) is 0.336. The summed E-state index contributed by atoms with van der Waals surface area (Å²) in [4.78, 5) is 28.8. The van der Waals surface area contributed by atoms with Gasteiger partial charge in [0.1, 0.15) is 12.6 Å². The van der Waals surface area contributed by atoms with Crippen molar-refractivity contribution in [3.8, 4) is 0 Å². The average molecular weight is 564 g/mol. The van der Waals surface area contributed by atoms with Gasteiger partial charge in [0, 0.05) is 12.6 Å². The highest BCUT2D eigenvalue weighted by molar-refractivity contribution is 7.92. The second-order valence-electron chi connectivity index (χ2n) is 10.6. The molecule has 3 aromatic rings. The fourth-order valence-electron chi connectivity index (χ4n) is 4.39. The predicted octanol–water partition coefficient (Wildman–Crippen LogP) is 5.45. The lowest BCUT2D eigenvalue weighted by Crippen LogP contribution is -2.52. The first-order valence-electron chi connectivity index (χ1n) is 13.7. The number of hydrogen-bond donors (Lipinski definition) is 1. The highest BCUT2D eigenvalue weighted by Crippen LogP contribution is 2.28. The van der Waals surface area contributed by atoms with Gasteiger partial charge in [-0.2, -0.15) is 0 Å². The molecule has 0 saturated heterocycles. The molecule has 0 radical (unpaired) electrons. The summed E-state index contributed by atoms with van der Waals surface area (Å²) in [7, 11) is -4.10. The number of sulfonamides is 1. The van der Waals surface area contributed by atoms with Crippen LogP contribution in [-0.2, 0) is 26.2 Å². The zero-order valence-electron chi connectivity index (χ0n) is 24.6. The van der Waals surface area contributed by atoms with Gasteiger partial charge in [0.25, 0.3) is 10.0 Å². The van der Waals surface area contributed by atoms with E-state index < -0.39 is 28.5 Å². The third kappa shape index (κ3) is 7.50. The maximum atomic E-state index is 14.1. The van der Waals surface area contributed by atoms with Crippen LogP contribution in [0.15, 0.2) is 71.6 Å². The van der Waals surface area contributed by atoms with Gasteiger partial charge in [0.05, 0.1) is 10.6 Å². The van der Waals surface area contributed by atoms with Crippen molar-refractivity contribution < 1.29 is 18.0 Å². The smallest absolute Gasteiger partial charge is 0.264 e. The molecule has 0 aliphatic carbocycles. The zero-order chi connectivity index (χ0) is 29.6. The first-order chi connectivity index (χ1) is 18.8. The van der Waals surface area contributed by atoms with Crippen LogP contribution < -0.4 is 9.62 Å². The van der Waals surface area contributed by atoms with Crippen LogP contribution in [0, 0.1) is 27.7 Å². The van der Waals surface area contributed by atoms with Gasteiger partial charge in [-0.05, 0) is 82.9 Å². The van der Waals surface area contributed by atoms with Gasteiger partial charge in [-0.25, -0.2) is 8.42 Å². The summed E-state index contributed by atoms with van der Waals surface area (Å²) in [5, 5.41) is 2.96. The molecule has 0 bridgehead atoms. The van der Waals surface area contributed by atoms with E-state index in [1.807, 2.05) is 77.9 Å². The lowest BCUT2D eigenvalue weighted by atomic mass is 10.1. The van der Waals surface area contributed by atoms with Crippen LogP contribution in [0.2, 0.25) is 0 Å². The van der Waals surface area contributed by atoms with Crippen LogP contribution in [0.3, 0.4) is 0 Å². The van der Waals surface area contributed by atoms with Gasteiger partial charge in [-0.3, -0.25) is 13.9 Å². The number of nitrogens with zero attached hydrogens (tertiary/aromatic N) is 2. The number of amides is 2. The Balaban J connectivity index is 2.07. The molecule has 2 amide bonds. The second-order valence-corrected chi connectivity index (χ2v) is 12.5. The van der Waals surface area contributed by atoms with Crippen molar-refractivity contribution in [2.45, 2.75) is 78.4 Å². The third-order valence-electron chi connectivity index (χ3n) is 7.12. The molecule has 40 heavy (non-hydrogen) atoms. The van der Waals surface area contributed by atoms with E-state index in [4.69, 9.17) is 0 Å². The zero-order valence-corrected chi connectivity index (χ0v) is 25.4. The lowest BCUT2D eigenvalue weighted by molar-refractivity contribution is -0.139. The number of aryl methyl sites for hydroxylation is 4. The summed E-state index contributed by atoms with van der Waals surface area (Å²) in [6.07, 6.45) is 0.749. The SMILES string of the molecule is CC[C@H](C)NC(=O)[C@@H](C)N(Cc1cccc(C)c1)C(=O)CN(c1cc(C)ccc1C)S(=O)(=O)c1ccc(C)cc1. The standard InChI is InChI=1S/C32H41N3O4S/c1-8-26(6)33-32(37)27(7)34(20-28-11-9-10-23(3)18-28)31(36)21-35(30-19-24(4)12-15-25(30)5)40(38,39)29-16-13-22(2)14-17-29/h9-19,26-27H,8,20-21H2,1-7H3,(H,33,37)/t26-,27+/m0/s1. The monoisotopic (exact) mass is 563 g/mol. The fourth-order valence-corrected chi connectivity index (χ4v) is 5.86. The summed E-state index contributed by atoms with van der Waals surface area (Å²) in [5.41, 5.74) is 4.84. The van der Waals surface area contributed by atoms with Crippen molar-refractivity contribution in [3.05, 3.63) is 94.5 Å². The van der Waals surface area contributed by atoms with Crippen molar-refractivity contribution >= 4 is 27.5 Å². The molecule has 7 nitrogen and oxygen atoms in total. The molecule has 0 aliphatic rings. The molecule has 0 spiro atoms. The van der Waals surface area contributed by atoms with Gasteiger partial charge < -0.3 is 10.2 Å². The molecular weight excluding hydrogens is 522 g/mol. The number of nitrogens with one attached hydrogen (secondary N) is 1. The first kappa shape index (κ1) is 30.9. The van der Waals surface area contributed by atoms with Crippen molar-refractivity contribution in [1.82, 2.24) is 10.2 Å². The number of benzene rings is 3. The van der Waals surface area contributed by atoms with Crippen molar-refractivity contribution in [2.24, 2.45) is 0 Å². The molecular formula is C32H41N3O4S. The van der Waals surface area contributed by atoms with E-state index in [-0.39, 0.29) is 23.4 Å². The van der Waals surface area contributed by atoms with Crippen LogP contribution in [0.25, 0.3) is 0 Å². The summed E-state index contributed by atoms with van der Waals surface area (Å²) in [6, 6.07) is 19.0. The minimum Gasteiger partial charge on any atom is -0.352 e. The Hall–Kier alpha value is -3.65. The van der Waals surface area contributed by atoms with Crippen LogP contribution in [-0.4, -0.2) is 43.8 Å². The number of rotatable bonds is 11. The second kappa shape index (κ2) is 13.1. The number of anilines is 1. The van der Waals surface area contributed by atoms with Crippen molar-refractivity contribution in [1.29, 1.82) is 0 Å². The summed E-state index contributed by atoms with van der Waals surface area (Å²) in [5.74, 6) is -0.750. The molecule has 0 aromatic heterocycles. The van der Waals surface area contributed by atoms with Crippen molar-refractivity contribution in [2.75, 3.05) is 10.8 Å². The Kier molecular flexibility index (Phi) is 10.1. The topological polar surface area (TPSA) is 86.8 Å². The van der Waals surface area contributed by atoms with E-state index in [2.05, 4.69) is 5.32 Å². The first-order valence-corrected chi connectivity index (χ1v) is 15.1. The largest absolute Gasteiger partial charge is 0.352 e.